The van der Waals surface area contributed by atoms with Gasteiger partial charge in [0.05, 0.1) is 5.69 Å². The zero-order chi connectivity index (χ0) is 17.1. The van der Waals surface area contributed by atoms with Crippen LogP contribution in [0.25, 0.3) is 16.2 Å². The van der Waals surface area contributed by atoms with E-state index in [0.29, 0.717) is 5.75 Å². The van der Waals surface area contributed by atoms with E-state index in [0.717, 1.165) is 16.2 Å². The summed E-state index contributed by atoms with van der Waals surface area (Å²) in [5.74, 6) is 0.608. The second-order valence-corrected chi connectivity index (χ2v) is 6.10. The summed E-state index contributed by atoms with van der Waals surface area (Å²) in [6, 6.07) is 19.1. The summed E-state index contributed by atoms with van der Waals surface area (Å²) in [5, 5.41) is 9.03. The van der Waals surface area contributed by atoms with Gasteiger partial charge < -0.3 is 4.74 Å². The minimum absolute atomic E-state index is 0.0948. The van der Waals surface area contributed by atoms with Crippen LogP contribution in [0.4, 0.5) is 5.95 Å². The molecule has 4 rings (SSSR count). The predicted octanol–water partition coefficient (Wildman–Crippen LogP) is 3.48. The van der Waals surface area contributed by atoms with E-state index in [-0.39, 0.29) is 18.5 Å². The van der Waals surface area contributed by atoms with Gasteiger partial charge in [-0.05, 0) is 12.1 Å². The highest BCUT2D eigenvalue weighted by Gasteiger charge is 2.13. The van der Waals surface area contributed by atoms with Crippen molar-refractivity contribution >= 4 is 28.2 Å². The van der Waals surface area contributed by atoms with Gasteiger partial charge in [-0.3, -0.25) is 10.1 Å². The Balaban J connectivity index is 1.47. The summed E-state index contributed by atoms with van der Waals surface area (Å²) in [5.41, 5.74) is 1.98. The van der Waals surface area contributed by atoms with Gasteiger partial charge in [-0.15, -0.1) is 16.4 Å². The Morgan fingerprint density at radius 2 is 1.80 bits per heavy atom. The van der Waals surface area contributed by atoms with Crippen molar-refractivity contribution in [3.63, 3.8) is 0 Å². The molecule has 0 fully saturated rings. The summed E-state index contributed by atoms with van der Waals surface area (Å²) in [7, 11) is 0. The van der Waals surface area contributed by atoms with Crippen LogP contribution in [0.1, 0.15) is 0 Å². The topological polar surface area (TPSA) is 68.5 Å². The summed E-state index contributed by atoms with van der Waals surface area (Å²) in [6.07, 6.45) is 0. The molecule has 4 aromatic rings. The average molecular weight is 350 g/mol. The van der Waals surface area contributed by atoms with E-state index in [1.807, 2.05) is 53.9 Å². The molecule has 0 aliphatic heterocycles. The zero-order valence-corrected chi connectivity index (χ0v) is 13.9. The lowest BCUT2D eigenvalue weighted by atomic mass is 10.2. The fourth-order valence-corrected chi connectivity index (χ4v) is 3.20. The minimum atomic E-state index is -0.302. The van der Waals surface area contributed by atoms with Gasteiger partial charge in [-0.1, -0.05) is 48.5 Å². The Bertz CT molecular complexity index is 996. The molecule has 25 heavy (non-hydrogen) atoms. The van der Waals surface area contributed by atoms with Crippen molar-refractivity contribution in [3.8, 4) is 17.0 Å². The normalized spacial score (nSPS) is 10.7. The Morgan fingerprint density at radius 1 is 1.08 bits per heavy atom. The van der Waals surface area contributed by atoms with E-state index < -0.39 is 0 Å². The van der Waals surface area contributed by atoms with Gasteiger partial charge >= 0.3 is 0 Å². The first-order valence-corrected chi connectivity index (χ1v) is 8.55. The molecular formula is C18H14N4O2S. The largest absolute Gasteiger partial charge is 0.484 e. The summed E-state index contributed by atoms with van der Waals surface area (Å²) < 4.78 is 7.15. The van der Waals surface area contributed by atoms with Crippen LogP contribution in [0.2, 0.25) is 0 Å². The maximum atomic E-state index is 12.0. The highest BCUT2D eigenvalue weighted by atomic mass is 32.1. The van der Waals surface area contributed by atoms with Crippen molar-refractivity contribution < 1.29 is 9.53 Å². The number of carbonyl (C=O) groups is 1. The van der Waals surface area contributed by atoms with Crippen LogP contribution in [0.3, 0.4) is 0 Å². The molecular weight excluding hydrogens is 336 g/mol. The number of aromatic nitrogens is 3. The van der Waals surface area contributed by atoms with Gasteiger partial charge in [-0.2, -0.15) is 4.98 Å². The quantitative estimate of drug-likeness (QED) is 0.598. The smallest absolute Gasteiger partial charge is 0.264 e. The van der Waals surface area contributed by atoms with E-state index in [2.05, 4.69) is 15.4 Å². The second kappa shape index (κ2) is 6.74. The molecule has 2 aromatic carbocycles. The summed E-state index contributed by atoms with van der Waals surface area (Å²) in [4.78, 5) is 17.1. The number of para-hydroxylation sites is 1. The van der Waals surface area contributed by atoms with E-state index in [4.69, 9.17) is 4.74 Å². The number of hydrogen-bond donors (Lipinski definition) is 1. The van der Waals surface area contributed by atoms with Gasteiger partial charge in [0.2, 0.25) is 4.96 Å². The minimum Gasteiger partial charge on any atom is -0.484 e. The monoisotopic (exact) mass is 350 g/mol. The predicted molar refractivity (Wildman–Crippen MR) is 96.9 cm³/mol. The Kier molecular flexibility index (Phi) is 4.14. The number of rotatable bonds is 5. The van der Waals surface area contributed by atoms with Crippen LogP contribution in [-0.4, -0.2) is 27.1 Å². The second-order valence-electron chi connectivity index (χ2n) is 5.27. The Hall–Kier alpha value is -3.19. The van der Waals surface area contributed by atoms with Crippen molar-refractivity contribution in [1.29, 1.82) is 0 Å². The molecule has 0 aliphatic carbocycles. The first-order chi connectivity index (χ1) is 12.3. The van der Waals surface area contributed by atoms with Gasteiger partial charge in [0.15, 0.2) is 6.61 Å². The number of thiazole rings is 1. The molecule has 0 atom stereocenters. The molecule has 0 unspecified atom stereocenters. The molecule has 1 N–H and O–H groups in total. The molecule has 7 heteroatoms. The standard InChI is InChI=1S/C18H14N4O2S/c23-16(11-24-14-9-5-2-6-10-14)19-17-20-18-22(21-17)15(12-25-18)13-7-3-1-4-8-13/h1-10,12H,11H2,(H,19,21,23). The Morgan fingerprint density at radius 3 is 2.56 bits per heavy atom. The molecule has 0 saturated heterocycles. The average Bonchev–Trinajstić information content (AvgIpc) is 3.21. The van der Waals surface area contributed by atoms with Crippen LogP contribution < -0.4 is 10.1 Å². The molecule has 124 valence electrons. The third-order valence-electron chi connectivity index (χ3n) is 3.52. The first-order valence-electron chi connectivity index (χ1n) is 7.67. The van der Waals surface area contributed by atoms with Crippen LogP contribution >= 0.6 is 11.3 Å². The van der Waals surface area contributed by atoms with Gasteiger partial charge in [-0.25, -0.2) is 4.52 Å². The third kappa shape index (κ3) is 3.36. The third-order valence-corrected chi connectivity index (χ3v) is 4.33. The molecule has 0 spiro atoms. The van der Waals surface area contributed by atoms with E-state index in [1.165, 1.54) is 11.3 Å². The Labute approximate surface area is 147 Å². The van der Waals surface area contributed by atoms with Crippen molar-refractivity contribution in [2.75, 3.05) is 11.9 Å². The number of anilines is 1. The number of amides is 1. The van der Waals surface area contributed by atoms with E-state index in [1.54, 1.807) is 16.6 Å². The van der Waals surface area contributed by atoms with Crippen molar-refractivity contribution in [3.05, 3.63) is 66.0 Å². The van der Waals surface area contributed by atoms with Crippen LogP contribution in [0.5, 0.6) is 5.75 Å². The van der Waals surface area contributed by atoms with Crippen molar-refractivity contribution in [1.82, 2.24) is 14.6 Å². The highest BCUT2D eigenvalue weighted by Crippen LogP contribution is 2.25. The number of fused-ring (bicyclic) bond motifs is 1. The molecule has 0 bridgehead atoms. The van der Waals surface area contributed by atoms with Gasteiger partial charge in [0, 0.05) is 10.9 Å². The summed E-state index contributed by atoms with van der Waals surface area (Å²) in [6.45, 7) is -0.0948. The fraction of sp³-hybridized carbons (Fsp3) is 0.0556. The van der Waals surface area contributed by atoms with Gasteiger partial charge in [0.1, 0.15) is 5.75 Å². The first kappa shape index (κ1) is 15.3. The molecule has 0 radical (unpaired) electrons. The number of hydrogen-bond acceptors (Lipinski definition) is 5. The molecule has 0 saturated carbocycles. The van der Waals surface area contributed by atoms with Crippen LogP contribution in [-0.2, 0) is 4.79 Å². The maximum absolute atomic E-state index is 12.0. The lowest BCUT2D eigenvalue weighted by Crippen LogP contribution is -2.20. The summed E-state index contributed by atoms with van der Waals surface area (Å²) >= 11 is 1.47. The highest BCUT2D eigenvalue weighted by molar-refractivity contribution is 7.15. The number of ether oxygens (including phenoxy) is 1. The lowest BCUT2D eigenvalue weighted by molar-refractivity contribution is -0.118. The van der Waals surface area contributed by atoms with E-state index >= 15 is 0 Å². The number of nitrogens with one attached hydrogen (secondary N) is 1. The van der Waals surface area contributed by atoms with Crippen LogP contribution in [0.15, 0.2) is 66.0 Å². The molecule has 2 heterocycles. The molecule has 1 amide bonds. The molecule has 0 aliphatic rings. The molecule has 2 aromatic heterocycles. The van der Waals surface area contributed by atoms with E-state index in [9.17, 15) is 4.79 Å². The molecule has 6 nitrogen and oxygen atoms in total. The number of nitrogens with zero attached hydrogens (tertiary/aromatic N) is 3. The number of carbonyl (C=O) groups excluding carboxylic acids is 1. The van der Waals surface area contributed by atoms with Crippen LogP contribution in [0, 0.1) is 0 Å². The van der Waals surface area contributed by atoms with Crippen molar-refractivity contribution in [2.24, 2.45) is 0 Å². The zero-order valence-electron chi connectivity index (χ0n) is 13.1. The SMILES string of the molecule is O=C(COc1ccccc1)Nc1nc2scc(-c3ccccc3)n2n1. The maximum Gasteiger partial charge on any atom is 0.264 e. The van der Waals surface area contributed by atoms with Crippen molar-refractivity contribution in [2.45, 2.75) is 0 Å². The lowest BCUT2D eigenvalue weighted by Gasteiger charge is -2.04. The number of benzene rings is 2. The fourth-order valence-electron chi connectivity index (χ4n) is 2.37. The van der Waals surface area contributed by atoms with Gasteiger partial charge in [0.25, 0.3) is 11.9 Å².